The number of aromatic nitrogens is 1. The third-order valence-corrected chi connectivity index (χ3v) is 4.96. The molecule has 0 saturated carbocycles. The van der Waals surface area contributed by atoms with Crippen LogP contribution in [0.4, 0.5) is 5.69 Å². The van der Waals surface area contributed by atoms with E-state index >= 15 is 0 Å². The molecule has 2 aromatic rings. The molecule has 0 fully saturated rings. The molecule has 0 saturated heterocycles. The molecule has 5 heteroatoms. The number of benzene rings is 1. The Labute approximate surface area is 121 Å². The summed E-state index contributed by atoms with van der Waals surface area (Å²) in [5, 5.41) is 4.47. The van der Waals surface area contributed by atoms with Gasteiger partial charge in [0.05, 0.1) is 5.52 Å². The number of pyridine rings is 1. The summed E-state index contributed by atoms with van der Waals surface area (Å²) in [5.74, 6) is 0. The van der Waals surface area contributed by atoms with Crippen LogP contribution in [0.2, 0.25) is 0 Å². The van der Waals surface area contributed by atoms with E-state index in [4.69, 9.17) is 0 Å². The number of hydrogen-bond donors (Lipinski definition) is 1. The third kappa shape index (κ3) is 3.10. The van der Waals surface area contributed by atoms with Crippen LogP contribution in [0.3, 0.4) is 0 Å². The molecule has 2 atom stereocenters. The lowest BCUT2D eigenvalue weighted by Crippen LogP contribution is -2.19. The van der Waals surface area contributed by atoms with E-state index in [0.29, 0.717) is 6.54 Å². The highest BCUT2D eigenvalue weighted by Crippen LogP contribution is 2.20. The van der Waals surface area contributed by atoms with Crippen molar-refractivity contribution < 1.29 is 4.21 Å². The molecule has 2 rings (SSSR count). The molecule has 0 aliphatic carbocycles. The zero-order chi connectivity index (χ0) is 14.7. The van der Waals surface area contributed by atoms with Gasteiger partial charge >= 0.3 is 0 Å². The molecule has 0 amide bonds. The van der Waals surface area contributed by atoms with E-state index in [1.54, 1.807) is 23.9 Å². The first-order valence-electron chi connectivity index (χ1n) is 6.65. The topological polar surface area (TPSA) is 51.1 Å². The van der Waals surface area contributed by atoms with Crippen LogP contribution in [0, 0.1) is 0 Å². The summed E-state index contributed by atoms with van der Waals surface area (Å²) in [7, 11) is 0.965. The van der Waals surface area contributed by atoms with Crippen LogP contribution in [0.5, 0.6) is 0 Å². The van der Waals surface area contributed by atoms with Crippen molar-refractivity contribution in [3.63, 3.8) is 0 Å². The van der Waals surface area contributed by atoms with E-state index in [9.17, 15) is 9.00 Å². The number of hydrogen-bond acceptors (Lipinski definition) is 3. The molecule has 0 radical (unpaired) electrons. The van der Waals surface area contributed by atoms with Crippen molar-refractivity contribution in [1.29, 1.82) is 0 Å². The average molecular weight is 292 g/mol. The second-order valence-corrected chi connectivity index (χ2v) is 6.80. The van der Waals surface area contributed by atoms with Crippen LogP contribution in [0.25, 0.3) is 10.9 Å². The van der Waals surface area contributed by atoms with Crippen molar-refractivity contribution in [2.75, 3.05) is 18.1 Å². The van der Waals surface area contributed by atoms with Gasteiger partial charge < -0.3 is 9.88 Å². The lowest BCUT2D eigenvalue weighted by Gasteiger charge is -2.13. The molecule has 1 heterocycles. The van der Waals surface area contributed by atoms with Gasteiger partial charge in [-0.15, -0.1) is 0 Å². The van der Waals surface area contributed by atoms with Crippen molar-refractivity contribution in [1.82, 2.24) is 4.57 Å². The fraction of sp³-hybridized carbons (Fsp3) is 0.400. The molecule has 20 heavy (non-hydrogen) atoms. The van der Waals surface area contributed by atoms with Crippen LogP contribution >= 0.6 is 0 Å². The first kappa shape index (κ1) is 14.8. The molecule has 0 bridgehead atoms. The van der Waals surface area contributed by atoms with E-state index in [1.165, 1.54) is 0 Å². The number of anilines is 1. The van der Waals surface area contributed by atoms with E-state index < -0.39 is 10.8 Å². The van der Waals surface area contributed by atoms with Gasteiger partial charge in [-0.2, -0.15) is 0 Å². The van der Waals surface area contributed by atoms with Gasteiger partial charge in [-0.1, -0.05) is 25.1 Å². The SMILES string of the molecule is CC(CCNc1cc(=O)n(C)c2ccccc12)S(C)=O. The predicted octanol–water partition coefficient (Wildman–Crippen LogP) is 2.11. The fourth-order valence-corrected chi connectivity index (χ4v) is 2.58. The van der Waals surface area contributed by atoms with Crippen molar-refractivity contribution in [2.24, 2.45) is 7.05 Å². The van der Waals surface area contributed by atoms with Crippen LogP contribution < -0.4 is 10.9 Å². The number of fused-ring (bicyclic) bond motifs is 1. The molecule has 0 spiro atoms. The molecule has 1 aromatic heterocycles. The normalized spacial score (nSPS) is 14.2. The molecule has 0 aliphatic rings. The van der Waals surface area contributed by atoms with Crippen molar-refractivity contribution in [2.45, 2.75) is 18.6 Å². The molecule has 1 N–H and O–H groups in total. The Kier molecular flexibility index (Phi) is 4.60. The molecule has 108 valence electrons. The Morgan fingerprint density at radius 2 is 2.05 bits per heavy atom. The molecular formula is C15H20N2O2S. The number of nitrogens with one attached hydrogen (secondary N) is 1. The number of para-hydroxylation sites is 1. The van der Waals surface area contributed by atoms with Gasteiger partial charge in [0.25, 0.3) is 5.56 Å². The summed E-state index contributed by atoms with van der Waals surface area (Å²) in [6.45, 7) is 2.68. The smallest absolute Gasteiger partial charge is 0.252 e. The zero-order valence-electron chi connectivity index (χ0n) is 12.1. The molecular weight excluding hydrogens is 272 g/mol. The average Bonchev–Trinajstić information content (AvgIpc) is 2.44. The van der Waals surface area contributed by atoms with E-state index in [0.717, 1.165) is 23.0 Å². The highest BCUT2D eigenvalue weighted by atomic mass is 32.2. The molecule has 0 aliphatic heterocycles. The summed E-state index contributed by atoms with van der Waals surface area (Å²) in [5.41, 5.74) is 1.73. The lowest BCUT2D eigenvalue weighted by molar-refractivity contribution is 0.672. The molecule has 1 aromatic carbocycles. The van der Waals surface area contributed by atoms with Gasteiger partial charge in [-0.3, -0.25) is 9.00 Å². The van der Waals surface area contributed by atoms with E-state index in [-0.39, 0.29) is 10.8 Å². The standard InChI is InChI=1S/C15H20N2O2S/c1-11(20(3)19)8-9-16-13-10-15(18)17(2)14-7-5-4-6-12(13)14/h4-7,10-11,16H,8-9H2,1-3H3. The molecule has 2 unspecified atom stereocenters. The minimum Gasteiger partial charge on any atom is -0.384 e. The van der Waals surface area contributed by atoms with Crippen molar-refractivity contribution in [3.05, 3.63) is 40.7 Å². The van der Waals surface area contributed by atoms with Gasteiger partial charge in [0.1, 0.15) is 0 Å². The monoisotopic (exact) mass is 292 g/mol. The minimum absolute atomic E-state index is 0.0293. The summed E-state index contributed by atoms with van der Waals surface area (Å²) in [6, 6.07) is 9.44. The zero-order valence-corrected chi connectivity index (χ0v) is 12.9. The fourth-order valence-electron chi connectivity index (χ4n) is 2.13. The Morgan fingerprint density at radius 1 is 1.35 bits per heavy atom. The Bertz CT molecular complexity index is 694. The summed E-state index contributed by atoms with van der Waals surface area (Å²) in [4.78, 5) is 11.9. The first-order valence-corrected chi connectivity index (χ1v) is 8.27. The Balaban J connectivity index is 2.24. The van der Waals surface area contributed by atoms with Gasteiger partial charge in [0, 0.05) is 53.0 Å². The largest absolute Gasteiger partial charge is 0.384 e. The Morgan fingerprint density at radius 3 is 2.75 bits per heavy atom. The maximum absolute atomic E-state index is 11.9. The van der Waals surface area contributed by atoms with Crippen LogP contribution in [-0.4, -0.2) is 26.8 Å². The summed E-state index contributed by atoms with van der Waals surface area (Å²) in [6.07, 6.45) is 2.53. The van der Waals surface area contributed by atoms with Crippen molar-refractivity contribution in [3.8, 4) is 0 Å². The van der Waals surface area contributed by atoms with Crippen molar-refractivity contribution >= 4 is 27.4 Å². The second-order valence-electron chi connectivity index (χ2n) is 5.00. The van der Waals surface area contributed by atoms with Crippen LogP contribution in [-0.2, 0) is 17.8 Å². The lowest BCUT2D eigenvalue weighted by atomic mass is 10.1. The maximum Gasteiger partial charge on any atom is 0.252 e. The van der Waals surface area contributed by atoms with Gasteiger partial charge in [-0.25, -0.2) is 0 Å². The first-order chi connectivity index (χ1) is 9.50. The van der Waals surface area contributed by atoms with E-state index in [1.807, 2.05) is 31.2 Å². The predicted molar refractivity (Wildman–Crippen MR) is 85.8 cm³/mol. The highest BCUT2D eigenvalue weighted by molar-refractivity contribution is 7.84. The minimum atomic E-state index is -0.809. The third-order valence-electron chi connectivity index (χ3n) is 3.59. The molecule has 4 nitrogen and oxygen atoms in total. The second kappa shape index (κ2) is 6.22. The summed E-state index contributed by atoms with van der Waals surface area (Å²) >= 11 is 0. The van der Waals surface area contributed by atoms with Crippen LogP contribution in [0.15, 0.2) is 35.1 Å². The number of rotatable bonds is 5. The maximum atomic E-state index is 11.9. The van der Waals surface area contributed by atoms with Crippen LogP contribution in [0.1, 0.15) is 13.3 Å². The van der Waals surface area contributed by atoms with Gasteiger partial charge in [0.15, 0.2) is 0 Å². The van der Waals surface area contributed by atoms with Gasteiger partial charge in [-0.05, 0) is 12.5 Å². The highest BCUT2D eigenvalue weighted by Gasteiger charge is 2.08. The Hall–Kier alpha value is -1.62. The quantitative estimate of drug-likeness (QED) is 0.918. The number of aryl methyl sites for hydroxylation is 1. The van der Waals surface area contributed by atoms with E-state index in [2.05, 4.69) is 5.32 Å². The van der Waals surface area contributed by atoms with Gasteiger partial charge in [0.2, 0.25) is 0 Å². The number of nitrogens with zero attached hydrogens (tertiary/aromatic N) is 1. The summed E-state index contributed by atoms with van der Waals surface area (Å²) < 4.78 is 13.0.